The number of para-hydroxylation sites is 2. The quantitative estimate of drug-likeness (QED) is 0.166. The standard InChI is InChI=1S/C53H37NO/c1-34-24-31-52-49(32-34)48-22-11-21-47(53(48)55-52)46-18-8-9-23-50(46)54(51-33-37-13-3-5-15-41(37)43-16-6-7-17-45(43)51)38-28-25-36(26-29-38)40-19-10-20-42-39-14-4-2-12-35(39)27-30-44(40)42/h2-31,33-34H,32H2,1H3. The number of furan rings is 1. The topological polar surface area (TPSA) is 16.4 Å². The summed E-state index contributed by atoms with van der Waals surface area (Å²) in [6, 6.07) is 64.3. The number of allylic oxidation sites excluding steroid dienone is 1. The molecule has 10 aromatic rings. The summed E-state index contributed by atoms with van der Waals surface area (Å²) in [4.78, 5) is 2.45. The van der Waals surface area contributed by atoms with Gasteiger partial charge < -0.3 is 9.32 Å². The van der Waals surface area contributed by atoms with E-state index in [-0.39, 0.29) is 0 Å². The number of nitrogens with zero attached hydrogens (tertiary/aromatic N) is 1. The van der Waals surface area contributed by atoms with Crippen LogP contribution in [-0.2, 0) is 6.42 Å². The molecular weight excluding hydrogens is 667 g/mol. The smallest absolute Gasteiger partial charge is 0.142 e. The summed E-state index contributed by atoms with van der Waals surface area (Å²) in [5.74, 6) is 1.46. The lowest BCUT2D eigenvalue weighted by atomic mass is 9.92. The molecule has 1 atom stereocenters. The molecular formula is C53H37NO. The minimum Gasteiger partial charge on any atom is -0.456 e. The highest BCUT2D eigenvalue weighted by Gasteiger charge is 2.24. The second kappa shape index (κ2) is 12.6. The lowest BCUT2D eigenvalue weighted by Crippen LogP contribution is -2.12. The lowest BCUT2D eigenvalue weighted by Gasteiger charge is -2.30. The SMILES string of the molecule is CC1C=Cc2oc3c(-c4ccccc4N(c4ccc(-c5cccc6c5ccc5ccccc56)cc4)c4cc5ccccc5c5ccccc45)cccc3c2C1. The molecule has 1 aromatic heterocycles. The molecule has 11 rings (SSSR count). The Kier molecular flexibility index (Phi) is 7.25. The van der Waals surface area contributed by atoms with Gasteiger partial charge >= 0.3 is 0 Å². The number of hydrogen-bond donors (Lipinski definition) is 0. The second-order valence-corrected chi connectivity index (χ2v) is 14.9. The van der Waals surface area contributed by atoms with Gasteiger partial charge in [-0.15, -0.1) is 0 Å². The summed E-state index contributed by atoms with van der Waals surface area (Å²) in [7, 11) is 0. The third-order valence-corrected chi connectivity index (χ3v) is 11.6. The van der Waals surface area contributed by atoms with Gasteiger partial charge in [-0.05, 0) is 91.5 Å². The average Bonchev–Trinajstić information content (AvgIpc) is 3.62. The first kappa shape index (κ1) is 31.6. The fourth-order valence-electron chi connectivity index (χ4n) is 8.99. The van der Waals surface area contributed by atoms with Gasteiger partial charge in [0.25, 0.3) is 0 Å². The Hall–Kier alpha value is -6.90. The molecule has 0 fully saturated rings. The van der Waals surface area contributed by atoms with Crippen molar-refractivity contribution in [3.05, 3.63) is 193 Å². The molecule has 0 saturated carbocycles. The van der Waals surface area contributed by atoms with Crippen LogP contribution in [0.25, 0.3) is 82.4 Å². The van der Waals surface area contributed by atoms with Gasteiger partial charge in [-0.3, -0.25) is 0 Å². The third-order valence-electron chi connectivity index (χ3n) is 11.6. The first-order valence-electron chi connectivity index (χ1n) is 19.2. The Labute approximate surface area is 320 Å². The molecule has 1 aliphatic rings. The van der Waals surface area contributed by atoms with Crippen molar-refractivity contribution < 1.29 is 4.42 Å². The maximum Gasteiger partial charge on any atom is 0.142 e. The predicted molar refractivity (Wildman–Crippen MR) is 234 cm³/mol. The van der Waals surface area contributed by atoms with Crippen molar-refractivity contribution in [2.24, 2.45) is 5.92 Å². The van der Waals surface area contributed by atoms with Crippen molar-refractivity contribution in [1.82, 2.24) is 0 Å². The van der Waals surface area contributed by atoms with Crippen molar-refractivity contribution in [2.45, 2.75) is 13.3 Å². The monoisotopic (exact) mass is 703 g/mol. The number of benzene rings is 9. The number of hydrogen-bond acceptors (Lipinski definition) is 2. The molecule has 1 unspecified atom stereocenters. The molecule has 0 bridgehead atoms. The highest BCUT2D eigenvalue weighted by molar-refractivity contribution is 6.16. The highest BCUT2D eigenvalue weighted by Crippen LogP contribution is 2.48. The van der Waals surface area contributed by atoms with Gasteiger partial charge in [0.2, 0.25) is 0 Å². The predicted octanol–water partition coefficient (Wildman–Crippen LogP) is 15.1. The van der Waals surface area contributed by atoms with E-state index in [0.29, 0.717) is 5.92 Å². The van der Waals surface area contributed by atoms with E-state index in [1.165, 1.54) is 65.2 Å². The maximum absolute atomic E-state index is 6.72. The van der Waals surface area contributed by atoms with E-state index in [1.54, 1.807) is 0 Å². The zero-order valence-electron chi connectivity index (χ0n) is 30.5. The Morgan fingerprint density at radius 1 is 0.473 bits per heavy atom. The van der Waals surface area contributed by atoms with Gasteiger partial charge in [0, 0.05) is 33.2 Å². The summed E-state index contributed by atoms with van der Waals surface area (Å²) < 4.78 is 6.72. The van der Waals surface area contributed by atoms with E-state index >= 15 is 0 Å². The zero-order valence-corrected chi connectivity index (χ0v) is 30.5. The van der Waals surface area contributed by atoms with Crippen LogP contribution < -0.4 is 4.90 Å². The van der Waals surface area contributed by atoms with Crippen molar-refractivity contribution >= 4 is 77.2 Å². The summed E-state index contributed by atoms with van der Waals surface area (Å²) in [6.45, 7) is 2.27. The first-order chi connectivity index (χ1) is 27.2. The van der Waals surface area contributed by atoms with E-state index in [1.807, 2.05) is 0 Å². The minimum absolute atomic E-state index is 0.483. The molecule has 0 N–H and O–H groups in total. The van der Waals surface area contributed by atoms with Crippen LogP contribution in [0, 0.1) is 5.92 Å². The van der Waals surface area contributed by atoms with Gasteiger partial charge in [0.05, 0.1) is 11.4 Å². The Bertz CT molecular complexity index is 3150. The molecule has 1 heterocycles. The number of rotatable bonds is 5. The third kappa shape index (κ3) is 5.10. The van der Waals surface area contributed by atoms with E-state index in [2.05, 4.69) is 200 Å². The molecule has 0 aliphatic heterocycles. The molecule has 0 spiro atoms. The molecule has 9 aromatic carbocycles. The molecule has 0 radical (unpaired) electrons. The lowest BCUT2D eigenvalue weighted by molar-refractivity contribution is 0.585. The first-order valence-corrected chi connectivity index (χ1v) is 19.2. The van der Waals surface area contributed by atoms with Gasteiger partial charge in [0.1, 0.15) is 11.3 Å². The van der Waals surface area contributed by atoms with Crippen LogP contribution in [-0.4, -0.2) is 0 Å². The Balaban J connectivity index is 1.14. The Morgan fingerprint density at radius 3 is 1.93 bits per heavy atom. The van der Waals surface area contributed by atoms with Crippen LogP contribution in [0.2, 0.25) is 0 Å². The summed E-state index contributed by atoms with van der Waals surface area (Å²) in [6.07, 6.45) is 5.40. The summed E-state index contributed by atoms with van der Waals surface area (Å²) >= 11 is 0. The van der Waals surface area contributed by atoms with E-state index in [9.17, 15) is 0 Å². The highest BCUT2D eigenvalue weighted by atomic mass is 16.3. The largest absolute Gasteiger partial charge is 0.456 e. The van der Waals surface area contributed by atoms with E-state index in [0.717, 1.165) is 46.0 Å². The fraction of sp³-hybridized carbons (Fsp3) is 0.0566. The van der Waals surface area contributed by atoms with Crippen molar-refractivity contribution in [2.75, 3.05) is 4.90 Å². The number of anilines is 3. The molecule has 260 valence electrons. The molecule has 2 nitrogen and oxygen atoms in total. The molecule has 55 heavy (non-hydrogen) atoms. The van der Waals surface area contributed by atoms with Gasteiger partial charge in [-0.2, -0.15) is 0 Å². The van der Waals surface area contributed by atoms with Crippen LogP contribution in [0.1, 0.15) is 18.2 Å². The molecule has 2 heteroatoms. The minimum atomic E-state index is 0.483. The van der Waals surface area contributed by atoms with Crippen LogP contribution in [0.3, 0.4) is 0 Å². The molecule has 0 saturated heterocycles. The zero-order chi connectivity index (χ0) is 36.5. The normalized spacial score (nSPS) is 13.9. The van der Waals surface area contributed by atoms with Gasteiger partial charge in [0.15, 0.2) is 0 Å². The number of fused-ring (bicyclic) bond motifs is 9. The fourth-order valence-corrected chi connectivity index (χ4v) is 8.99. The van der Waals surface area contributed by atoms with Crippen LogP contribution in [0.5, 0.6) is 0 Å². The van der Waals surface area contributed by atoms with Crippen LogP contribution >= 0.6 is 0 Å². The van der Waals surface area contributed by atoms with Crippen molar-refractivity contribution in [3.8, 4) is 22.3 Å². The van der Waals surface area contributed by atoms with Crippen LogP contribution in [0.15, 0.2) is 186 Å². The second-order valence-electron chi connectivity index (χ2n) is 14.9. The van der Waals surface area contributed by atoms with E-state index < -0.39 is 0 Å². The summed E-state index contributed by atoms with van der Waals surface area (Å²) in [5.41, 5.74) is 10.2. The van der Waals surface area contributed by atoms with Gasteiger partial charge in [-0.25, -0.2) is 0 Å². The summed E-state index contributed by atoms with van der Waals surface area (Å²) in [5, 5.41) is 11.2. The molecule has 1 aliphatic carbocycles. The maximum atomic E-state index is 6.72. The van der Waals surface area contributed by atoms with Crippen molar-refractivity contribution in [3.63, 3.8) is 0 Å². The van der Waals surface area contributed by atoms with Crippen LogP contribution in [0.4, 0.5) is 17.1 Å². The van der Waals surface area contributed by atoms with Crippen molar-refractivity contribution in [1.29, 1.82) is 0 Å². The average molecular weight is 704 g/mol. The molecule has 0 amide bonds. The van der Waals surface area contributed by atoms with E-state index in [4.69, 9.17) is 4.42 Å². The Morgan fingerprint density at radius 2 is 1.09 bits per heavy atom. The van der Waals surface area contributed by atoms with Gasteiger partial charge in [-0.1, -0.05) is 165 Å².